The lowest BCUT2D eigenvalue weighted by Gasteiger charge is -2.13. The molecule has 0 aliphatic carbocycles. The number of fused-ring (bicyclic) bond motifs is 1. The normalized spacial score (nSPS) is 16.0. The molecule has 6 nitrogen and oxygen atoms in total. The molecule has 2 aromatic carbocycles. The molecule has 1 aliphatic heterocycles. The van der Waals surface area contributed by atoms with Crippen LogP contribution in [-0.2, 0) is 4.79 Å². The number of nitrogens with zero attached hydrogens (tertiary/aromatic N) is 1. The highest BCUT2D eigenvalue weighted by molar-refractivity contribution is 6.08. The fraction of sp³-hybridized carbons (Fsp3) is 0.118. The van der Waals surface area contributed by atoms with Crippen molar-refractivity contribution in [1.29, 1.82) is 0 Å². The van der Waals surface area contributed by atoms with E-state index in [-0.39, 0.29) is 5.91 Å². The summed E-state index contributed by atoms with van der Waals surface area (Å²) in [6.07, 6.45) is 0. The summed E-state index contributed by atoms with van der Waals surface area (Å²) < 4.78 is 0. The van der Waals surface area contributed by atoms with Gasteiger partial charge >= 0.3 is 6.03 Å². The molecule has 2 aromatic rings. The second-order valence-corrected chi connectivity index (χ2v) is 5.18. The number of rotatable bonds is 2. The average Bonchev–Trinajstić information content (AvgIpc) is 2.81. The van der Waals surface area contributed by atoms with Gasteiger partial charge in [0.25, 0.3) is 11.8 Å². The van der Waals surface area contributed by atoms with Crippen LogP contribution in [0.15, 0.2) is 54.6 Å². The lowest BCUT2D eigenvalue weighted by molar-refractivity contribution is -0.119. The molecule has 1 atom stereocenters. The van der Waals surface area contributed by atoms with Crippen molar-refractivity contribution in [3.8, 4) is 0 Å². The Morgan fingerprint density at radius 1 is 1.00 bits per heavy atom. The fourth-order valence-corrected chi connectivity index (χ4v) is 2.55. The first-order chi connectivity index (χ1) is 11.1. The Morgan fingerprint density at radius 2 is 1.65 bits per heavy atom. The molecule has 0 fully saturated rings. The van der Waals surface area contributed by atoms with E-state index in [1.54, 1.807) is 49.5 Å². The van der Waals surface area contributed by atoms with Crippen molar-refractivity contribution in [2.45, 2.75) is 6.04 Å². The number of likely N-dealkylation sites (N-methyl/N-ethyl adjacent to an activating group) is 1. The number of carbonyl (C=O) groups is 3. The summed E-state index contributed by atoms with van der Waals surface area (Å²) in [6, 6.07) is 14.1. The Balaban J connectivity index is 1.71. The first-order valence-corrected chi connectivity index (χ1v) is 7.11. The van der Waals surface area contributed by atoms with Crippen LogP contribution >= 0.6 is 0 Å². The van der Waals surface area contributed by atoms with Crippen molar-refractivity contribution in [1.82, 2.24) is 10.6 Å². The van der Waals surface area contributed by atoms with Crippen LogP contribution in [0.2, 0.25) is 0 Å². The van der Waals surface area contributed by atoms with Gasteiger partial charge < -0.3 is 10.2 Å². The summed E-state index contributed by atoms with van der Waals surface area (Å²) in [4.78, 5) is 37.7. The van der Waals surface area contributed by atoms with Gasteiger partial charge in [-0.1, -0.05) is 36.4 Å². The molecular formula is C17H15N3O3. The van der Waals surface area contributed by atoms with Crippen LogP contribution in [0.25, 0.3) is 0 Å². The second-order valence-electron chi connectivity index (χ2n) is 5.18. The monoisotopic (exact) mass is 309 g/mol. The molecule has 2 N–H and O–H groups in total. The molecule has 0 radical (unpaired) electrons. The van der Waals surface area contributed by atoms with Gasteiger partial charge in [-0.2, -0.15) is 0 Å². The van der Waals surface area contributed by atoms with Gasteiger partial charge in [0.05, 0.1) is 0 Å². The summed E-state index contributed by atoms with van der Waals surface area (Å²) in [5.41, 5.74) is 1.83. The quantitative estimate of drug-likeness (QED) is 0.888. The predicted molar refractivity (Wildman–Crippen MR) is 85.0 cm³/mol. The number of anilines is 1. The predicted octanol–water partition coefficient (Wildman–Crippen LogP) is 1.84. The number of urea groups is 1. The van der Waals surface area contributed by atoms with Gasteiger partial charge in [0.15, 0.2) is 0 Å². The smallest absolute Gasteiger partial charge is 0.322 e. The highest BCUT2D eigenvalue weighted by Crippen LogP contribution is 2.34. The molecule has 0 bridgehead atoms. The first-order valence-electron chi connectivity index (χ1n) is 7.11. The van der Waals surface area contributed by atoms with E-state index < -0.39 is 18.0 Å². The molecule has 3 rings (SSSR count). The molecule has 6 heteroatoms. The molecule has 4 amide bonds. The van der Waals surface area contributed by atoms with Gasteiger partial charge in [0.2, 0.25) is 0 Å². The Morgan fingerprint density at radius 3 is 2.39 bits per heavy atom. The van der Waals surface area contributed by atoms with Gasteiger partial charge in [-0.05, 0) is 18.2 Å². The number of para-hydroxylation sites is 1. The van der Waals surface area contributed by atoms with E-state index in [4.69, 9.17) is 0 Å². The van der Waals surface area contributed by atoms with E-state index in [0.29, 0.717) is 11.1 Å². The fourth-order valence-electron chi connectivity index (χ4n) is 2.55. The molecule has 1 unspecified atom stereocenters. The third-order valence-electron chi connectivity index (χ3n) is 3.73. The lowest BCUT2D eigenvalue weighted by Crippen LogP contribution is -2.44. The summed E-state index contributed by atoms with van der Waals surface area (Å²) in [6.45, 7) is 0. The Bertz CT molecular complexity index is 774. The molecule has 0 saturated heterocycles. The summed E-state index contributed by atoms with van der Waals surface area (Å²) >= 11 is 0. The third-order valence-corrected chi connectivity index (χ3v) is 3.73. The minimum atomic E-state index is -0.792. The number of nitrogens with one attached hydrogen (secondary N) is 2. The van der Waals surface area contributed by atoms with Gasteiger partial charge in [0.1, 0.15) is 6.04 Å². The van der Waals surface area contributed by atoms with Crippen molar-refractivity contribution < 1.29 is 14.4 Å². The number of hydrogen-bond donors (Lipinski definition) is 2. The zero-order valence-corrected chi connectivity index (χ0v) is 12.4. The van der Waals surface area contributed by atoms with Crippen LogP contribution in [-0.4, -0.2) is 24.9 Å². The summed E-state index contributed by atoms with van der Waals surface area (Å²) in [5, 5.41) is 4.78. The highest BCUT2D eigenvalue weighted by Gasteiger charge is 2.36. The van der Waals surface area contributed by atoms with Crippen LogP contribution in [0.4, 0.5) is 10.5 Å². The van der Waals surface area contributed by atoms with Crippen molar-refractivity contribution in [3.63, 3.8) is 0 Å². The standard InChI is InChI=1S/C17H15N3O3/c1-20-13-10-6-5-9-12(13)14(16(20)22)18-17(23)19-15(21)11-7-3-2-4-8-11/h2-10,14H,1H3,(H2,18,19,21,23). The molecule has 23 heavy (non-hydrogen) atoms. The van der Waals surface area contributed by atoms with E-state index in [9.17, 15) is 14.4 Å². The second kappa shape index (κ2) is 5.92. The van der Waals surface area contributed by atoms with Crippen molar-refractivity contribution in [2.75, 3.05) is 11.9 Å². The van der Waals surface area contributed by atoms with Gasteiger partial charge in [-0.25, -0.2) is 4.79 Å². The van der Waals surface area contributed by atoms with E-state index in [2.05, 4.69) is 10.6 Å². The number of carbonyl (C=O) groups excluding carboxylic acids is 3. The summed E-state index contributed by atoms with van der Waals surface area (Å²) in [5.74, 6) is -0.760. The molecule has 1 heterocycles. The SMILES string of the molecule is CN1C(=O)C(NC(=O)NC(=O)c2ccccc2)c2ccccc21. The number of amides is 4. The van der Waals surface area contributed by atoms with Crippen LogP contribution in [0.1, 0.15) is 22.0 Å². The zero-order valence-electron chi connectivity index (χ0n) is 12.4. The molecule has 0 saturated carbocycles. The van der Waals surface area contributed by atoms with Crippen LogP contribution in [0, 0.1) is 0 Å². The summed E-state index contributed by atoms with van der Waals surface area (Å²) in [7, 11) is 1.65. The number of imide groups is 1. The van der Waals surface area contributed by atoms with Crippen molar-refractivity contribution in [3.05, 3.63) is 65.7 Å². The lowest BCUT2D eigenvalue weighted by atomic mass is 10.1. The van der Waals surface area contributed by atoms with Gasteiger partial charge in [-0.15, -0.1) is 0 Å². The first kappa shape index (κ1) is 14.8. The zero-order chi connectivity index (χ0) is 16.4. The average molecular weight is 309 g/mol. The molecule has 1 aliphatic rings. The maximum absolute atomic E-state index is 12.3. The van der Waals surface area contributed by atoms with E-state index >= 15 is 0 Å². The maximum atomic E-state index is 12.3. The van der Waals surface area contributed by atoms with E-state index in [1.807, 2.05) is 12.1 Å². The number of hydrogen-bond acceptors (Lipinski definition) is 3. The van der Waals surface area contributed by atoms with Crippen LogP contribution < -0.4 is 15.5 Å². The van der Waals surface area contributed by atoms with E-state index in [1.165, 1.54) is 4.90 Å². The van der Waals surface area contributed by atoms with Crippen LogP contribution in [0.5, 0.6) is 0 Å². The minimum absolute atomic E-state index is 0.242. The largest absolute Gasteiger partial charge is 0.322 e. The maximum Gasteiger partial charge on any atom is 0.322 e. The molecule has 0 spiro atoms. The van der Waals surface area contributed by atoms with Gasteiger partial charge in [0, 0.05) is 23.9 Å². The highest BCUT2D eigenvalue weighted by atomic mass is 16.2. The van der Waals surface area contributed by atoms with Crippen LogP contribution in [0.3, 0.4) is 0 Å². The minimum Gasteiger partial charge on any atom is -0.322 e. The van der Waals surface area contributed by atoms with Crippen molar-refractivity contribution >= 4 is 23.5 Å². The number of benzene rings is 2. The Labute approximate surface area is 133 Å². The third kappa shape index (κ3) is 2.78. The molecule has 0 aromatic heterocycles. The molecule has 116 valence electrons. The van der Waals surface area contributed by atoms with Gasteiger partial charge in [-0.3, -0.25) is 14.9 Å². The topological polar surface area (TPSA) is 78.5 Å². The molecular weight excluding hydrogens is 294 g/mol. The van der Waals surface area contributed by atoms with Crippen molar-refractivity contribution in [2.24, 2.45) is 0 Å². The Hall–Kier alpha value is -3.15. The van der Waals surface area contributed by atoms with E-state index in [0.717, 1.165) is 5.69 Å². The Kier molecular flexibility index (Phi) is 3.80.